The first-order valence-electron chi connectivity index (χ1n) is 4.66. The van der Waals surface area contributed by atoms with Gasteiger partial charge >= 0.3 is 5.97 Å². The molecule has 3 heteroatoms. The molecule has 0 heterocycles. The molecule has 0 bridgehead atoms. The van der Waals surface area contributed by atoms with Crippen LogP contribution in [0, 0.1) is 6.92 Å². The highest BCUT2D eigenvalue weighted by molar-refractivity contribution is 5.72. The van der Waals surface area contributed by atoms with Gasteiger partial charge in [0, 0.05) is 0 Å². The molecule has 80 valence electrons. The monoisotopic (exact) mass is 206 g/mol. The normalized spacial score (nSPS) is 10.5. The highest BCUT2D eigenvalue weighted by Crippen LogP contribution is 2.18. The van der Waals surface area contributed by atoms with E-state index in [1.165, 1.54) is 7.11 Å². The molecule has 1 aromatic carbocycles. The van der Waals surface area contributed by atoms with Gasteiger partial charge in [0.15, 0.2) is 0 Å². The van der Waals surface area contributed by atoms with Crippen molar-refractivity contribution in [3.63, 3.8) is 0 Å². The summed E-state index contributed by atoms with van der Waals surface area (Å²) in [5.41, 5.74) is 1.70. The van der Waals surface area contributed by atoms with Gasteiger partial charge in [-0.2, -0.15) is 0 Å². The van der Waals surface area contributed by atoms with Gasteiger partial charge in [0.05, 0.1) is 13.5 Å². The van der Waals surface area contributed by atoms with E-state index in [-0.39, 0.29) is 18.1 Å². The van der Waals surface area contributed by atoms with Gasteiger partial charge < -0.3 is 9.84 Å². The molecule has 0 saturated heterocycles. The number of carbonyl (C=O) groups is 1. The molecule has 0 fully saturated rings. The molecule has 1 rings (SSSR count). The number of aromatic hydroxyl groups is 1. The molecule has 3 nitrogen and oxygen atoms in total. The van der Waals surface area contributed by atoms with Gasteiger partial charge in [0.1, 0.15) is 5.75 Å². The zero-order valence-corrected chi connectivity index (χ0v) is 8.86. The zero-order valence-electron chi connectivity index (χ0n) is 8.86. The van der Waals surface area contributed by atoms with Crippen molar-refractivity contribution in [2.75, 3.05) is 7.11 Å². The maximum Gasteiger partial charge on any atom is 0.309 e. The lowest BCUT2D eigenvalue weighted by molar-refractivity contribution is -0.139. The Hall–Kier alpha value is -1.77. The average Bonchev–Trinajstić information content (AvgIpc) is 2.23. The minimum Gasteiger partial charge on any atom is -0.508 e. The number of phenolic OH excluding ortho intramolecular Hbond substituents is 1. The van der Waals surface area contributed by atoms with Crippen molar-refractivity contribution in [2.45, 2.75) is 13.3 Å². The molecular formula is C12H14O3. The Labute approximate surface area is 89.0 Å². The third kappa shape index (κ3) is 3.46. The molecule has 15 heavy (non-hydrogen) atoms. The van der Waals surface area contributed by atoms with Crippen molar-refractivity contribution < 1.29 is 14.6 Å². The summed E-state index contributed by atoms with van der Waals surface area (Å²) in [6, 6.07) is 5.36. The van der Waals surface area contributed by atoms with Gasteiger partial charge in [0.2, 0.25) is 0 Å². The largest absolute Gasteiger partial charge is 0.508 e. The predicted molar refractivity (Wildman–Crippen MR) is 58.5 cm³/mol. The van der Waals surface area contributed by atoms with Crippen LogP contribution in [0.5, 0.6) is 5.75 Å². The van der Waals surface area contributed by atoms with E-state index in [0.717, 1.165) is 11.1 Å². The highest BCUT2D eigenvalue weighted by atomic mass is 16.5. The van der Waals surface area contributed by atoms with Crippen LogP contribution in [-0.2, 0) is 9.53 Å². The molecule has 1 aromatic rings. The minimum absolute atomic E-state index is 0.241. The Bertz CT molecular complexity index is 380. The Morgan fingerprint density at radius 1 is 1.53 bits per heavy atom. The maximum absolute atomic E-state index is 10.8. The van der Waals surface area contributed by atoms with Crippen molar-refractivity contribution in [2.24, 2.45) is 0 Å². The fourth-order valence-electron chi connectivity index (χ4n) is 1.10. The second-order valence-corrected chi connectivity index (χ2v) is 3.23. The predicted octanol–water partition coefficient (Wildman–Crippen LogP) is 2.28. The van der Waals surface area contributed by atoms with Crippen LogP contribution in [0.2, 0.25) is 0 Å². The summed E-state index contributed by atoms with van der Waals surface area (Å²) in [7, 11) is 1.36. The fourth-order valence-corrected chi connectivity index (χ4v) is 1.10. The Morgan fingerprint density at radius 2 is 2.27 bits per heavy atom. The summed E-state index contributed by atoms with van der Waals surface area (Å²) >= 11 is 0. The molecule has 1 N–H and O–H groups in total. The van der Waals surface area contributed by atoms with Gasteiger partial charge in [-0.3, -0.25) is 4.79 Å². The first-order valence-corrected chi connectivity index (χ1v) is 4.66. The molecule has 0 unspecified atom stereocenters. The van der Waals surface area contributed by atoms with Crippen LogP contribution in [0.1, 0.15) is 17.5 Å². The van der Waals surface area contributed by atoms with E-state index in [0.29, 0.717) is 0 Å². The molecule has 0 aliphatic carbocycles. The fraction of sp³-hybridized carbons (Fsp3) is 0.250. The number of carbonyl (C=O) groups excluding carboxylic acids is 1. The summed E-state index contributed by atoms with van der Waals surface area (Å²) in [4.78, 5) is 10.8. The lowest BCUT2D eigenvalue weighted by Gasteiger charge is -1.99. The molecule has 0 aliphatic heterocycles. The van der Waals surface area contributed by atoms with Crippen LogP contribution in [0.15, 0.2) is 24.3 Å². The molecular weight excluding hydrogens is 192 g/mol. The van der Waals surface area contributed by atoms with Crippen LogP contribution < -0.4 is 0 Å². The topological polar surface area (TPSA) is 46.5 Å². The highest BCUT2D eigenvalue weighted by Gasteiger charge is 1.96. The first kappa shape index (κ1) is 11.3. The second kappa shape index (κ2) is 5.20. The van der Waals surface area contributed by atoms with Crippen LogP contribution in [0.3, 0.4) is 0 Å². The molecule has 0 radical (unpaired) electrons. The van der Waals surface area contributed by atoms with Gasteiger partial charge in [-0.15, -0.1) is 0 Å². The lowest BCUT2D eigenvalue weighted by atomic mass is 10.1. The van der Waals surface area contributed by atoms with Crippen molar-refractivity contribution in [3.8, 4) is 5.75 Å². The quantitative estimate of drug-likeness (QED) is 0.772. The van der Waals surface area contributed by atoms with E-state index in [4.69, 9.17) is 0 Å². The summed E-state index contributed by atoms with van der Waals surface area (Å²) in [5.74, 6) is -0.0159. The number of ether oxygens (including phenoxy) is 1. The molecule has 0 amide bonds. The van der Waals surface area contributed by atoms with E-state index in [2.05, 4.69) is 4.74 Å². The van der Waals surface area contributed by atoms with E-state index in [1.54, 1.807) is 18.2 Å². The van der Waals surface area contributed by atoms with E-state index in [1.807, 2.05) is 19.1 Å². The molecule has 0 aromatic heterocycles. The first-order chi connectivity index (χ1) is 7.13. The number of phenols is 1. The van der Waals surface area contributed by atoms with Crippen molar-refractivity contribution in [1.29, 1.82) is 0 Å². The lowest BCUT2D eigenvalue weighted by Crippen LogP contribution is -1.96. The Kier molecular flexibility index (Phi) is 3.92. The number of methoxy groups -OCH3 is 1. The molecule has 0 saturated carbocycles. The summed E-state index contributed by atoms with van der Waals surface area (Å²) < 4.78 is 4.49. The molecule has 0 aliphatic rings. The number of rotatable bonds is 3. The zero-order chi connectivity index (χ0) is 11.3. The van der Waals surface area contributed by atoms with Gasteiger partial charge in [0.25, 0.3) is 0 Å². The second-order valence-electron chi connectivity index (χ2n) is 3.23. The van der Waals surface area contributed by atoms with Crippen molar-refractivity contribution in [1.82, 2.24) is 0 Å². The maximum atomic E-state index is 10.8. The third-order valence-corrected chi connectivity index (χ3v) is 2.06. The third-order valence-electron chi connectivity index (χ3n) is 2.06. The van der Waals surface area contributed by atoms with Crippen molar-refractivity contribution in [3.05, 3.63) is 35.4 Å². The van der Waals surface area contributed by atoms with E-state index in [9.17, 15) is 9.90 Å². The SMILES string of the molecule is COC(=O)CC=Cc1ccc(C)c(O)c1. The summed E-state index contributed by atoms with van der Waals surface area (Å²) in [6.07, 6.45) is 3.72. The summed E-state index contributed by atoms with van der Waals surface area (Å²) in [6.45, 7) is 1.83. The molecule has 0 atom stereocenters. The van der Waals surface area contributed by atoms with Gasteiger partial charge in [-0.05, 0) is 24.1 Å². The number of hydrogen-bond donors (Lipinski definition) is 1. The van der Waals surface area contributed by atoms with Crippen LogP contribution in [0.25, 0.3) is 6.08 Å². The number of hydrogen-bond acceptors (Lipinski definition) is 3. The van der Waals surface area contributed by atoms with E-state index < -0.39 is 0 Å². The Balaban J connectivity index is 2.65. The van der Waals surface area contributed by atoms with Gasteiger partial charge in [-0.25, -0.2) is 0 Å². The number of benzene rings is 1. The molecule has 0 spiro atoms. The number of esters is 1. The minimum atomic E-state index is -0.275. The summed E-state index contributed by atoms with van der Waals surface area (Å²) in [5, 5.41) is 9.43. The van der Waals surface area contributed by atoms with Crippen LogP contribution in [-0.4, -0.2) is 18.2 Å². The van der Waals surface area contributed by atoms with Crippen LogP contribution in [0.4, 0.5) is 0 Å². The van der Waals surface area contributed by atoms with Gasteiger partial charge in [-0.1, -0.05) is 24.3 Å². The number of aryl methyl sites for hydroxylation is 1. The standard InChI is InChI=1S/C12H14O3/c1-9-6-7-10(8-11(9)13)4-3-5-12(14)15-2/h3-4,6-8,13H,5H2,1-2H3. The van der Waals surface area contributed by atoms with E-state index >= 15 is 0 Å². The van der Waals surface area contributed by atoms with Crippen molar-refractivity contribution >= 4 is 12.0 Å². The Morgan fingerprint density at radius 3 is 2.87 bits per heavy atom. The smallest absolute Gasteiger partial charge is 0.309 e. The van der Waals surface area contributed by atoms with Crippen LogP contribution >= 0.6 is 0 Å². The average molecular weight is 206 g/mol.